The number of likely N-dealkylation sites (tertiary alicyclic amines) is 1. The molecule has 1 aliphatic heterocycles. The molecular formula is C11H21NO2. The maximum Gasteiger partial charge on any atom is 0.303 e. The Morgan fingerprint density at radius 1 is 1.43 bits per heavy atom. The lowest BCUT2D eigenvalue weighted by molar-refractivity contribution is -0.137. The van der Waals surface area contributed by atoms with E-state index in [2.05, 4.69) is 11.8 Å². The molecule has 0 spiro atoms. The third-order valence-corrected chi connectivity index (χ3v) is 2.84. The van der Waals surface area contributed by atoms with Crippen LogP contribution in [0.4, 0.5) is 0 Å². The number of carbonyl (C=O) groups is 1. The minimum atomic E-state index is -0.669. The summed E-state index contributed by atoms with van der Waals surface area (Å²) in [5.41, 5.74) is 0. The number of unbranched alkanes of at least 4 members (excludes halogenated alkanes) is 1. The molecule has 1 aliphatic rings. The van der Waals surface area contributed by atoms with Crippen molar-refractivity contribution in [1.29, 1.82) is 0 Å². The molecule has 1 fully saturated rings. The Labute approximate surface area is 86.1 Å². The van der Waals surface area contributed by atoms with Crippen LogP contribution < -0.4 is 0 Å². The van der Waals surface area contributed by atoms with E-state index in [1.807, 2.05) is 0 Å². The van der Waals surface area contributed by atoms with E-state index in [0.29, 0.717) is 6.42 Å². The maximum absolute atomic E-state index is 10.3. The third kappa shape index (κ3) is 4.09. The van der Waals surface area contributed by atoms with Crippen molar-refractivity contribution in [3.63, 3.8) is 0 Å². The van der Waals surface area contributed by atoms with E-state index in [9.17, 15) is 4.79 Å². The smallest absolute Gasteiger partial charge is 0.303 e. The Kier molecular flexibility index (Phi) is 4.94. The van der Waals surface area contributed by atoms with Crippen molar-refractivity contribution < 1.29 is 9.90 Å². The molecule has 0 amide bonds. The highest BCUT2D eigenvalue weighted by molar-refractivity contribution is 5.66. The average molecular weight is 199 g/mol. The second-order valence-corrected chi connectivity index (χ2v) is 4.27. The summed E-state index contributed by atoms with van der Waals surface area (Å²) in [5, 5.41) is 8.45. The molecule has 1 saturated heterocycles. The summed E-state index contributed by atoms with van der Waals surface area (Å²) in [6.45, 7) is 5.80. The monoisotopic (exact) mass is 199 g/mol. The van der Waals surface area contributed by atoms with Crippen molar-refractivity contribution in [2.75, 3.05) is 19.6 Å². The van der Waals surface area contributed by atoms with E-state index in [4.69, 9.17) is 5.11 Å². The first kappa shape index (κ1) is 11.5. The molecule has 1 N–H and O–H groups in total. The topological polar surface area (TPSA) is 40.5 Å². The van der Waals surface area contributed by atoms with Gasteiger partial charge in [-0.15, -0.1) is 0 Å². The van der Waals surface area contributed by atoms with Crippen LogP contribution >= 0.6 is 0 Å². The zero-order chi connectivity index (χ0) is 10.4. The molecule has 0 aliphatic carbocycles. The molecular weight excluding hydrogens is 178 g/mol. The van der Waals surface area contributed by atoms with E-state index >= 15 is 0 Å². The maximum atomic E-state index is 10.3. The molecule has 0 aromatic heterocycles. The summed E-state index contributed by atoms with van der Waals surface area (Å²) in [5.74, 6) is 0.247. The van der Waals surface area contributed by atoms with Crippen LogP contribution in [-0.4, -0.2) is 35.6 Å². The van der Waals surface area contributed by atoms with Gasteiger partial charge >= 0.3 is 5.97 Å². The molecule has 0 aromatic rings. The number of rotatable bonds is 7. The van der Waals surface area contributed by atoms with Crippen molar-refractivity contribution in [2.24, 2.45) is 5.92 Å². The Balaban J connectivity index is 1.88. The van der Waals surface area contributed by atoms with E-state index in [0.717, 1.165) is 25.3 Å². The average Bonchev–Trinajstić information content (AvgIpc) is 2.06. The Morgan fingerprint density at radius 2 is 2.14 bits per heavy atom. The summed E-state index contributed by atoms with van der Waals surface area (Å²) in [7, 11) is 0. The fourth-order valence-electron chi connectivity index (χ4n) is 2.06. The van der Waals surface area contributed by atoms with Gasteiger partial charge in [-0.1, -0.05) is 13.3 Å². The predicted octanol–water partition coefficient (Wildman–Crippen LogP) is 1.97. The van der Waals surface area contributed by atoms with Gasteiger partial charge in [0, 0.05) is 19.5 Å². The van der Waals surface area contributed by atoms with Gasteiger partial charge in [0.15, 0.2) is 0 Å². The molecule has 0 aromatic carbocycles. The summed E-state index contributed by atoms with van der Waals surface area (Å²) in [6.07, 6.45) is 4.82. The van der Waals surface area contributed by atoms with Crippen LogP contribution in [0.15, 0.2) is 0 Å². The highest BCUT2D eigenvalue weighted by Gasteiger charge is 2.24. The minimum absolute atomic E-state index is 0.326. The number of hydrogen-bond donors (Lipinski definition) is 1. The van der Waals surface area contributed by atoms with Gasteiger partial charge in [-0.3, -0.25) is 4.79 Å². The number of aliphatic carboxylic acids is 1. The lowest BCUT2D eigenvalue weighted by atomic mass is 9.95. The molecule has 0 atom stereocenters. The van der Waals surface area contributed by atoms with Crippen LogP contribution in [0.3, 0.4) is 0 Å². The van der Waals surface area contributed by atoms with Crippen molar-refractivity contribution >= 4 is 5.97 Å². The normalized spacial score (nSPS) is 18.1. The molecule has 3 nitrogen and oxygen atoms in total. The van der Waals surface area contributed by atoms with Gasteiger partial charge in [0.05, 0.1) is 0 Å². The quantitative estimate of drug-likeness (QED) is 0.637. The van der Waals surface area contributed by atoms with Crippen molar-refractivity contribution in [1.82, 2.24) is 4.90 Å². The molecule has 1 heterocycles. The first-order chi connectivity index (χ1) is 6.72. The lowest BCUT2D eigenvalue weighted by Crippen LogP contribution is -2.46. The van der Waals surface area contributed by atoms with Gasteiger partial charge in [0.1, 0.15) is 0 Å². The Bertz CT molecular complexity index is 176. The Hall–Kier alpha value is -0.570. The zero-order valence-electron chi connectivity index (χ0n) is 9.04. The number of carboxylic acids is 1. The molecule has 0 bridgehead atoms. The largest absolute Gasteiger partial charge is 0.481 e. The molecule has 0 saturated carbocycles. The number of nitrogens with zero attached hydrogens (tertiary/aromatic N) is 1. The van der Waals surface area contributed by atoms with Crippen LogP contribution in [-0.2, 0) is 4.79 Å². The fourth-order valence-corrected chi connectivity index (χ4v) is 2.06. The second kappa shape index (κ2) is 6.02. The van der Waals surface area contributed by atoms with Crippen LogP contribution in [0.5, 0.6) is 0 Å². The first-order valence-corrected chi connectivity index (χ1v) is 5.66. The first-order valence-electron chi connectivity index (χ1n) is 5.66. The molecule has 0 radical (unpaired) electrons. The van der Waals surface area contributed by atoms with Crippen molar-refractivity contribution in [2.45, 2.75) is 39.0 Å². The zero-order valence-corrected chi connectivity index (χ0v) is 9.04. The van der Waals surface area contributed by atoms with Gasteiger partial charge in [0.2, 0.25) is 0 Å². The van der Waals surface area contributed by atoms with E-state index in [1.54, 1.807) is 0 Å². The van der Waals surface area contributed by atoms with E-state index in [-0.39, 0.29) is 0 Å². The Morgan fingerprint density at radius 3 is 2.71 bits per heavy atom. The summed E-state index contributed by atoms with van der Waals surface area (Å²) >= 11 is 0. The summed E-state index contributed by atoms with van der Waals surface area (Å²) in [4.78, 5) is 12.7. The third-order valence-electron chi connectivity index (χ3n) is 2.84. The molecule has 1 rings (SSSR count). The van der Waals surface area contributed by atoms with Crippen LogP contribution in [0, 0.1) is 5.92 Å². The predicted molar refractivity (Wildman–Crippen MR) is 56.3 cm³/mol. The van der Waals surface area contributed by atoms with Crippen LogP contribution in [0.2, 0.25) is 0 Å². The van der Waals surface area contributed by atoms with Crippen molar-refractivity contribution in [3.8, 4) is 0 Å². The van der Waals surface area contributed by atoms with E-state index in [1.165, 1.54) is 25.9 Å². The highest BCUT2D eigenvalue weighted by atomic mass is 16.4. The second-order valence-electron chi connectivity index (χ2n) is 4.27. The fraction of sp³-hybridized carbons (Fsp3) is 0.909. The minimum Gasteiger partial charge on any atom is -0.481 e. The standard InChI is InChI=1S/C11H21NO2/c1-2-5-10-8-12(9-10)7-4-3-6-11(13)14/h10H,2-9H2,1H3,(H,13,14). The molecule has 0 unspecified atom stereocenters. The van der Waals surface area contributed by atoms with Gasteiger partial charge in [-0.25, -0.2) is 0 Å². The van der Waals surface area contributed by atoms with Crippen LogP contribution in [0.25, 0.3) is 0 Å². The number of hydrogen-bond acceptors (Lipinski definition) is 2. The number of carboxylic acid groups (broad SMARTS) is 1. The van der Waals surface area contributed by atoms with Gasteiger partial charge in [-0.2, -0.15) is 0 Å². The SMILES string of the molecule is CCCC1CN(CCCCC(=O)O)C1. The van der Waals surface area contributed by atoms with Gasteiger partial charge in [-0.05, 0) is 31.7 Å². The highest BCUT2D eigenvalue weighted by Crippen LogP contribution is 2.20. The van der Waals surface area contributed by atoms with Crippen LogP contribution in [0.1, 0.15) is 39.0 Å². The lowest BCUT2D eigenvalue weighted by Gasteiger charge is -2.39. The molecule has 14 heavy (non-hydrogen) atoms. The summed E-state index contributed by atoms with van der Waals surface area (Å²) < 4.78 is 0. The summed E-state index contributed by atoms with van der Waals surface area (Å²) in [6, 6.07) is 0. The molecule has 82 valence electrons. The molecule has 3 heteroatoms. The van der Waals surface area contributed by atoms with Gasteiger partial charge in [0.25, 0.3) is 0 Å². The van der Waals surface area contributed by atoms with E-state index < -0.39 is 5.97 Å². The van der Waals surface area contributed by atoms with Gasteiger partial charge < -0.3 is 10.0 Å². The van der Waals surface area contributed by atoms with Crippen molar-refractivity contribution in [3.05, 3.63) is 0 Å².